The molecule has 2 aromatic heterocycles. The van der Waals surface area contributed by atoms with Crippen LogP contribution in [0.15, 0.2) is 180 Å². The predicted octanol–water partition coefficient (Wildman–Crippen LogP) is 13.1. The van der Waals surface area contributed by atoms with E-state index < -0.39 is 0 Å². The Morgan fingerprint density at radius 1 is 0.302 bits per heavy atom. The van der Waals surface area contributed by atoms with Crippen LogP contribution in [0.4, 0.5) is 0 Å². The summed E-state index contributed by atoms with van der Waals surface area (Å²) < 4.78 is 6.53. The lowest BCUT2D eigenvalue weighted by Gasteiger charge is -2.14. The second kappa shape index (κ2) is 11.7. The van der Waals surface area contributed by atoms with Gasteiger partial charge < -0.3 is 4.42 Å². The van der Waals surface area contributed by atoms with Gasteiger partial charge in [-0.1, -0.05) is 146 Å². The summed E-state index contributed by atoms with van der Waals surface area (Å²) in [5.74, 6) is 1.85. The van der Waals surface area contributed by atoms with Gasteiger partial charge in [-0.15, -0.1) is 0 Å². The molecule has 0 unspecified atom stereocenters. The average molecular weight is 676 g/mol. The minimum Gasteiger partial charge on any atom is -0.456 e. The summed E-state index contributed by atoms with van der Waals surface area (Å²) >= 11 is 0. The monoisotopic (exact) mass is 675 g/mol. The van der Waals surface area contributed by atoms with Crippen LogP contribution in [-0.2, 0) is 0 Å². The van der Waals surface area contributed by atoms with E-state index in [4.69, 9.17) is 19.4 Å². The zero-order chi connectivity index (χ0) is 34.9. The molecule has 4 heteroatoms. The maximum absolute atomic E-state index is 6.53. The summed E-state index contributed by atoms with van der Waals surface area (Å²) in [5.41, 5.74) is 6.68. The van der Waals surface area contributed by atoms with Gasteiger partial charge in [0.05, 0.1) is 0 Å². The maximum atomic E-state index is 6.53. The Labute approximate surface area is 304 Å². The van der Waals surface area contributed by atoms with Crippen LogP contribution in [0, 0.1) is 0 Å². The summed E-state index contributed by atoms with van der Waals surface area (Å²) in [5, 5.41) is 11.8. The summed E-state index contributed by atoms with van der Waals surface area (Å²) in [6.07, 6.45) is 0. The lowest BCUT2D eigenvalue weighted by Crippen LogP contribution is -2.00. The van der Waals surface area contributed by atoms with Crippen molar-refractivity contribution in [3.63, 3.8) is 0 Å². The van der Waals surface area contributed by atoms with E-state index >= 15 is 0 Å². The second-order valence-electron chi connectivity index (χ2n) is 13.6. The molecule has 11 rings (SSSR count). The summed E-state index contributed by atoms with van der Waals surface area (Å²) in [4.78, 5) is 15.3. The molecule has 0 N–H and O–H groups in total. The van der Waals surface area contributed by atoms with Crippen molar-refractivity contribution < 1.29 is 4.42 Å². The molecule has 0 aliphatic rings. The van der Waals surface area contributed by atoms with Gasteiger partial charge in [-0.2, -0.15) is 0 Å². The van der Waals surface area contributed by atoms with Crippen LogP contribution in [0.5, 0.6) is 0 Å². The standard InChI is InChI=1S/C49H29N3O/c1-2-13-32(14-3-1)47-50-48(36-22-21-30-11-4-5-15-33(30)27-36)52-49(51-47)40-19-10-20-44-46(40)42-29-35(24-26-43(42)53-44)41-28-34-16-7-9-18-38(34)45-37-17-8-6-12-31(37)23-25-39(41)45/h1-29H. The molecule has 53 heavy (non-hydrogen) atoms. The van der Waals surface area contributed by atoms with Gasteiger partial charge in [0, 0.05) is 27.5 Å². The van der Waals surface area contributed by atoms with Crippen LogP contribution in [0.2, 0.25) is 0 Å². The summed E-state index contributed by atoms with van der Waals surface area (Å²) in [6.45, 7) is 0. The normalized spacial score (nSPS) is 11.8. The molecule has 0 radical (unpaired) electrons. The number of aromatic nitrogens is 3. The number of furan rings is 1. The highest BCUT2D eigenvalue weighted by Gasteiger charge is 2.19. The first-order valence-corrected chi connectivity index (χ1v) is 17.9. The van der Waals surface area contributed by atoms with Crippen molar-refractivity contribution in [1.82, 2.24) is 15.0 Å². The molecule has 0 fully saturated rings. The lowest BCUT2D eigenvalue weighted by molar-refractivity contribution is 0.669. The Balaban J connectivity index is 1.15. The second-order valence-corrected chi connectivity index (χ2v) is 13.6. The van der Waals surface area contributed by atoms with Crippen LogP contribution in [0.25, 0.3) is 110 Å². The third kappa shape index (κ3) is 4.80. The molecule has 9 aromatic carbocycles. The Morgan fingerprint density at radius 3 is 1.81 bits per heavy atom. The highest BCUT2D eigenvalue weighted by molar-refractivity contribution is 6.24. The number of hydrogen-bond acceptors (Lipinski definition) is 4. The van der Waals surface area contributed by atoms with E-state index in [2.05, 4.69) is 133 Å². The average Bonchev–Trinajstić information content (AvgIpc) is 3.61. The van der Waals surface area contributed by atoms with Crippen molar-refractivity contribution in [1.29, 1.82) is 0 Å². The Bertz CT molecular complexity index is 3220. The number of benzene rings is 9. The molecule has 0 saturated heterocycles. The zero-order valence-corrected chi connectivity index (χ0v) is 28.5. The van der Waals surface area contributed by atoms with Gasteiger partial charge in [-0.05, 0) is 84.5 Å². The summed E-state index contributed by atoms with van der Waals surface area (Å²) in [7, 11) is 0. The van der Waals surface area contributed by atoms with Crippen LogP contribution in [-0.4, -0.2) is 15.0 Å². The van der Waals surface area contributed by atoms with Crippen LogP contribution < -0.4 is 0 Å². The van der Waals surface area contributed by atoms with Crippen molar-refractivity contribution in [3.8, 4) is 45.3 Å². The molecule has 246 valence electrons. The molecule has 0 bridgehead atoms. The molecule has 0 aliphatic carbocycles. The van der Waals surface area contributed by atoms with Gasteiger partial charge in [0.25, 0.3) is 0 Å². The van der Waals surface area contributed by atoms with E-state index in [0.717, 1.165) is 49.6 Å². The fraction of sp³-hybridized carbons (Fsp3) is 0. The SMILES string of the molecule is c1ccc(-c2nc(-c3ccc4ccccc4c3)nc(-c3cccc4oc5ccc(-c6cc7ccccc7c7c6ccc6ccccc67)cc5c34)n2)cc1. The molecule has 2 heterocycles. The Hall–Kier alpha value is -7.17. The van der Waals surface area contributed by atoms with Gasteiger partial charge in [0.15, 0.2) is 17.5 Å². The third-order valence-corrected chi connectivity index (χ3v) is 10.5. The topological polar surface area (TPSA) is 51.8 Å². The quantitative estimate of drug-likeness (QED) is 0.174. The van der Waals surface area contributed by atoms with Gasteiger partial charge >= 0.3 is 0 Å². The highest BCUT2D eigenvalue weighted by Crippen LogP contribution is 2.42. The third-order valence-electron chi connectivity index (χ3n) is 10.5. The molecule has 11 aromatic rings. The van der Waals surface area contributed by atoms with Crippen molar-refractivity contribution in [3.05, 3.63) is 176 Å². The Kier molecular flexibility index (Phi) is 6.52. The number of fused-ring (bicyclic) bond motifs is 9. The molecule has 0 spiro atoms. The van der Waals surface area contributed by atoms with E-state index in [1.54, 1.807) is 0 Å². The molecule has 0 aliphatic heterocycles. The number of hydrogen-bond donors (Lipinski definition) is 0. The molecular formula is C49H29N3O. The minimum absolute atomic E-state index is 0.600. The zero-order valence-electron chi connectivity index (χ0n) is 28.5. The lowest BCUT2D eigenvalue weighted by atomic mass is 9.90. The number of rotatable bonds is 4. The fourth-order valence-electron chi connectivity index (χ4n) is 7.96. The van der Waals surface area contributed by atoms with E-state index in [1.807, 2.05) is 42.5 Å². The van der Waals surface area contributed by atoms with Crippen LogP contribution in [0.1, 0.15) is 0 Å². The van der Waals surface area contributed by atoms with Crippen LogP contribution >= 0.6 is 0 Å². The van der Waals surface area contributed by atoms with Crippen molar-refractivity contribution in [2.45, 2.75) is 0 Å². The summed E-state index contributed by atoms with van der Waals surface area (Å²) in [6, 6.07) is 61.7. The molecule has 0 saturated carbocycles. The highest BCUT2D eigenvalue weighted by atomic mass is 16.3. The van der Waals surface area contributed by atoms with Gasteiger partial charge in [0.1, 0.15) is 11.2 Å². The molecule has 4 nitrogen and oxygen atoms in total. The van der Waals surface area contributed by atoms with Crippen molar-refractivity contribution >= 4 is 65.0 Å². The Morgan fingerprint density at radius 2 is 0.962 bits per heavy atom. The first-order valence-electron chi connectivity index (χ1n) is 17.9. The van der Waals surface area contributed by atoms with Crippen molar-refractivity contribution in [2.75, 3.05) is 0 Å². The van der Waals surface area contributed by atoms with Crippen LogP contribution in [0.3, 0.4) is 0 Å². The fourth-order valence-corrected chi connectivity index (χ4v) is 7.96. The minimum atomic E-state index is 0.600. The number of nitrogens with zero attached hydrogens (tertiary/aromatic N) is 3. The van der Waals surface area contributed by atoms with Crippen molar-refractivity contribution in [2.24, 2.45) is 0 Å². The smallest absolute Gasteiger partial charge is 0.164 e. The first-order chi connectivity index (χ1) is 26.2. The van der Waals surface area contributed by atoms with E-state index in [1.165, 1.54) is 43.3 Å². The van der Waals surface area contributed by atoms with E-state index in [0.29, 0.717) is 17.5 Å². The molecule has 0 amide bonds. The van der Waals surface area contributed by atoms with E-state index in [9.17, 15) is 0 Å². The molecular weight excluding hydrogens is 647 g/mol. The largest absolute Gasteiger partial charge is 0.456 e. The molecule has 0 atom stereocenters. The van der Waals surface area contributed by atoms with E-state index in [-0.39, 0.29) is 0 Å². The van der Waals surface area contributed by atoms with Gasteiger partial charge in [-0.3, -0.25) is 0 Å². The predicted molar refractivity (Wildman–Crippen MR) is 219 cm³/mol. The van der Waals surface area contributed by atoms with Gasteiger partial charge in [-0.25, -0.2) is 15.0 Å². The first kappa shape index (κ1) is 29.5. The van der Waals surface area contributed by atoms with Gasteiger partial charge in [0.2, 0.25) is 0 Å². The maximum Gasteiger partial charge on any atom is 0.164 e.